The smallest absolute Gasteiger partial charge is 0.406 e. The van der Waals surface area contributed by atoms with Crippen LogP contribution < -0.4 is 20.3 Å². The minimum Gasteiger partial charge on any atom is -0.454 e. The van der Waals surface area contributed by atoms with Gasteiger partial charge in [-0.05, 0) is 48.7 Å². The van der Waals surface area contributed by atoms with Gasteiger partial charge in [0.15, 0.2) is 11.5 Å². The summed E-state index contributed by atoms with van der Waals surface area (Å²) in [6.07, 6.45) is -2.84. The van der Waals surface area contributed by atoms with Crippen molar-refractivity contribution in [2.24, 2.45) is 0 Å². The molecule has 180 valence electrons. The summed E-state index contributed by atoms with van der Waals surface area (Å²) in [4.78, 5) is 14.9. The Morgan fingerprint density at radius 2 is 1.79 bits per heavy atom. The molecule has 3 heterocycles. The first-order valence-corrected chi connectivity index (χ1v) is 11.4. The fraction of sp³-hybridized carbons (Fsp3) is 0.375. The first-order chi connectivity index (χ1) is 16.2. The van der Waals surface area contributed by atoms with Crippen molar-refractivity contribution in [1.82, 2.24) is 9.47 Å². The van der Waals surface area contributed by atoms with Crippen molar-refractivity contribution in [2.45, 2.75) is 38.1 Å². The number of rotatable bonds is 5. The van der Waals surface area contributed by atoms with Gasteiger partial charge in [-0.15, -0.1) is 0 Å². The molecule has 0 amide bonds. The van der Waals surface area contributed by atoms with E-state index in [0.717, 1.165) is 54.1 Å². The van der Waals surface area contributed by atoms with E-state index in [1.165, 1.54) is 18.2 Å². The number of halogens is 4. The van der Waals surface area contributed by atoms with Gasteiger partial charge >= 0.3 is 6.18 Å². The van der Waals surface area contributed by atoms with Crippen LogP contribution in [0.5, 0.6) is 11.5 Å². The highest BCUT2D eigenvalue weighted by Gasteiger charge is 2.30. The highest BCUT2D eigenvalue weighted by molar-refractivity contribution is 6.31. The van der Waals surface area contributed by atoms with Crippen LogP contribution in [-0.4, -0.2) is 41.6 Å². The van der Waals surface area contributed by atoms with Crippen molar-refractivity contribution in [2.75, 3.05) is 25.2 Å². The van der Waals surface area contributed by atoms with Crippen LogP contribution in [0.2, 0.25) is 5.02 Å². The van der Waals surface area contributed by atoms with E-state index in [0.29, 0.717) is 16.1 Å². The van der Waals surface area contributed by atoms with Crippen molar-refractivity contribution >= 4 is 28.2 Å². The molecule has 0 saturated carbocycles. The standard InChI is InChI=1S/C24H23ClF3N3O3/c25-16-2-3-20-18(10-16)19(11-23(32)31(20)13-24(26,27)28)29-17-5-7-30(8-6-17)12-15-1-4-21-22(9-15)34-14-33-21/h1-4,9-11,17,29H,5-8,12-14H2. The average Bonchev–Trinajstić information content (AvgIpc) is 3.25. The molecule has 34 heavy (non-hydrogen) atoms. The van der Waals surface area contributed by atoms with Gasteiger partial charge in [-0.3, -0.25) is 14.3 Å². The SMILES string of the molecule is O=c1cc(NC2CCN(Cc3ccc4c(c3)OCO4)CC2)c2cc(Cl)ccc2n1CC(F)(F)F. The van der Waals surface area contributed by atoms with E-state index in [9.17, 15) is 18.0 Å². The number of alkyl halides is 3. The molecule has 0 aliphatic carbocycles. The van der Waals surface area contributed by atoms with Gasteiger partial charge in [0.1, 0.15) is 6.54 Å². The Morgan fingerprint density at radius 3 is 2.56 bits per heavy atom. The lowest BCUT2D eigenvalue weighted by molar-refractivity contribution is -0.140. The number of nitrogens with one attached hydrogen (secondary N) is 1. The van der Waals surface area contributed by atoms with E-state index in [2.05, 4.69) is 10.2 Å². The summed E-state index contributed by atoms with van der Waals surface area (Å²) in [7, 11) is 0. The van der Waals surface area contributed by atoms with Crippen LogP contribution in [-0.2, 0) is 13.1 Å². The number of hydrogen-bond acceptors (Lipinski definition) is 5. The van der Waals surface area contributed by atoms with Crippen LogP contribution in [0.1, 0.15) is 18.4 Å². The number of pyridine rings is 1. The Morgan fingerprint density at radius 1 is 1.03 bits per heavy atom. The third-order valence-corrected chi connectivity index (χ3v) is 6.44. The van der Waals surface area contributed by atoms with Gasteiger partial charge in [0.25, 0.3) is 5.56 Å². The van der Waals surface area contributed by atoms with Gasteiger partial charge in [-0.25, -0.2) is 0 Å². The van der Waals surface area contributed by atoms with E-state index < -0.39 is 18.3 Å². The van der Waals surface area contributed by atoms with Crippen molar-refractivity contribution in [3.63, 3.8) is 0 Å². The van der Waals surface area contributed by atoms with Crippen molar-refractivity contribution in [3.05, 3.63) is 63.4 Å². The Hall–Kier alpha value is -2.91. The topological polar surface area (TPSA) is 55.7 Å². The van der Waals surface area contributed by atoms with E-state index in [4.69, 9.17) is 21.1 Å². The van der Waals surface area contributed by atoms with Gasteiger partial charge in [-0.2, -0.15) is 13.2 Å². The molecule has 5 rings (SSSR count). The summed E-state index contributed by atoms with van der Waals surface area (Å²) < 4.78 is 50.7. The number of hydrogen-bond donors (Lipinski definition) is 1. The van der Waals surface area contributed by atoms with Crippen LogP contribution in [0, 0.1) is 0 Å². The Bertz CT molecular complexity index is 1270. The van der Waals surface area contributed by atoms with Crippen molar-refractivity contribution in [3.8, 4) is 11.5 Å². The average molecular weight is 494 g/mol. The molecule has 0 unspecified atom stereocenters. The highest BCUT2D eigenvalue weighted by atomic mass is 35.5. The predicted octanol–water partition coefficient (Wildman–Crippen LogP) is 5.02. The molecule has 2 aliphatic rings. The zero-order valence-electron chi connectivity index (χ0n) is 18.2. The summed E-state index contributed by atoms with van der Waals surface area (Å²) >= 11 is 6.13. The van der Waals surface area contributed by atoms with Gasteiger partial charge in [0.2, 0.25) is 6.79 Å². The monoisotopic (exact) mass is 493 g/mol. The zero-order valence-corrected chi connectivity index (χ0v) is 19.0. The maximum atomic E-state index is 13.0. The fourth-order valence-corrected chi connectivity index (χ4v) is 4.74. The molecule has 2 aromatic carbocycles. The first-order valence-electron chi connectivity index (χ1n) is 11.0. The second-order valence-corrected chi connectivity index (χ2v) is 9.08. The molecule has 10 heteroatoms. The minimum atomic E-state index is -4.50. The molecule has 0 bridgehead atoms. The molecule has 6 nitrogen and oxygen atoms in total. The van der Waals surface area contributed by atoms with Crippen LogP contribution in [0.3, 0.4) is 0 Å². The molecule has 0 spiro atoms. The number of likely N-dealkylation sites (tertiary alicyclic amines) is 1. The molecule has 2 aliphatic heterocycles. The molecule has 1 N–H and O–H groups in total. The molecule has 1 aromatic heterocycles. The van der Waals surface area contributed by atoms with Crippen LogP contribution in [0.15, 0.2) is 47.3 Å². The number of nitrogens with zero attached hydrogens (tertiary/aromatic N) is 2. The number of piperidine rings is 1. The van der Waals surface area contributed by atoms with E-state index in [1.807, 2.05) is 18.2 Å². The van der Waals surface area contributed by atoms with Crippen molar-refractivity contribution in [1.29, 1.82) is 0 Å². The van der Waals surface area contributed by atoms with Gasteiger partial charge in [0, 0.05) is 47.8 Å². The normalized spacial score (nSPS) is 16.8. The zero-order chi connectivity index (χ0) is 23.9. The molecular formula is C24H23ClF3N3O3. The summed E-state index contributed by atoms with van der Waals surface area (Å²) in [6, 6.07) is 11.8. The number of aromatic nitrogens is 1. The third-order valence-electron chi connectivity index (χ3n) is 6.20. The molecule has 0 atom stereocenters. The Labute approximate surface area is 198 Å². The quantitative estimate of drug-likeness (QED) is 0.541. The summed E-state index contributed by atoms with van der Waals surface area (Å²) in [5.74, 6) is 1.52. The van der Waals surface area contributed by atoms with Gasteiger partial charge in [0.05, 0.1) is 5.52 Å². The van der Waals surface area contributed by atoms with Crippen molar-refractivity contribution < 1.29 is 22.6 Å². The Kier molecular flexibility index (Phi) is 6.07. The largest absolute Gasteiger partial charge is 0.454 e. The van der Waals surface area contributed by atoms with E-state index in [-0.39, 0.29) is 18.4 Å². The lowest BCUT2D eigenvalue weighted by Crippen LogP contribution is -2.39. The van der Waals surface area contributed by atoms with E-state index in [1.54, 1.807) is 6.07 Å². The second-order valence-electron chi connectivity index (χ2n) is 8.64. The number of ether oxygens (including phenoxy) is 2. The summed E-state index contributed by atoms with van der Waals surface area (Å²) in [5.41, 5.74) is 1.16. The maximum absolute atomic E-state index is 13.0. The number of benzene rings is 2. The van der Waals surface area contributed by atoms with Crippen LogP contribution in [0.25, 0.3) is 10.9 Å². The van der Waals surface area contributed by atoms with E-state index >= 15 is 0 Å². The van der Waals surface area contributed by atoms with Crippen LogP contribution in [0.4, 0.5) is 18.9 Å². The molecule has 1 saturated heterocycles. The second kappa shape index (κ2) is 9.03. The lowest BCUT2D eigenvalue weighted by atomic mass is 10.0. The number of anilines is 1. The molecule has 1 fully saturated rings. The summed E-state index contributed by atoms with van der Waals surface area (Å²) in [5, 5.41) is 4.28. The molecule has 0 radical (unpaired) electrons. The minimum absolute atomic E-state index is 0.0908. The lowest BCUT2D eigenvalue weighted by Gasteiger charge is -2.33. The number of fused-ring (bicyclic) bond motifs is 2. The first kappa shape index (κ1) is 22.9. The fourth-order valence-electron chi connectivity index (χ4n) is 4.57. The predicted molar refractivity (Wildman–Crippen MR) is 124 cm³/mol. The molecular weight excluding hydrogens is 471 g/mol. The maximum Gasteiger partial charge on any atom is 0.406 e. The third kappa shape index (κ3) is 4.95. The van der Waals surface area contributed by atoms with Crippen LogP contribution >= 0.6 is 11.6 Å². The van der Waals surface area contributed by atoms with Gasteiger partial charge < -0.3 is 14.8 Å². The van der Waals surface area contributed by atoms with Gasteiger partial charge in [-0.1, -0.05) is 17.7 Å². The molecule has 3 aromatic rings. The summed E-state index contributed by atoms with van der Waals surface area (Å²) in [6.45, 7) is 1.38. The highest BCUT2D eigenvalue weighted by Crippen LogP contribution is 2.33. The Balaban J connectivity index is 1.29.